The summed E-state index contributed by atoms with van der Waals surface area (Å²) in [6.07, 6.45) is 3.01. The number of nitrogens with one attached hydrogen (secondary N) is 2. The highest BCUT2D eigenvalue weighted by molar-refractivity contribution is 9.11. The first-order valence-electron chi connectivity index (χ1n) is 6.57. The largest absolute Gasteiger partial charge is 0.481 e. The van der Waals surface area contributed by atoms with E-state index in [0.717, 1.165) is 23.0 Å². The Labute approximate surface area is 129 Å². The summed E-state index contributed by atoms with van der Waals surface area (Å²) in [5.41, 5.74) is 0. The van der Waals surface area contributed by atoms with Crippen molar-refractivity contribution in [3.63, 3.8) is 0 Å². The maximum atomic E-state index is 11.7. The third kappa shape index (κ3) is 4.21. The van der Waals surface area contributed by atoms with Crippen molar-refractivity contribution in [2.24, 2.45) is 5.92 Å². The van der Waals surface area contributed by atoms with Gasteiger partial charge in [0.05, 0.1) is 9.70 Å². The minimum atomic E-state index is -0.823. The molecule has 20 heavy (non-hydrogen) atoms. The Bertz CT molecular complexity index is 492. The Hall–Kier alpha value is -1.08. The van der Waals surface area contributed by atoms with Crippen LogP contribution in [0.5, 0.6) is 0 Å². The van der Waals surface area contributed by atoms with E-state index in [1.54, 1.807) is 11.3 Å². The number of amides is 2. The number of halogens is 1. The number of hydrogen-bond donors (Lipinski definition) is 3. The van der Waals surface area contributed by atoms with Gasteiger partial charge in [-0.2, -0.15) is 0 Å². The fraction of sp³-hybridized carbons (Fsp3) is 0.538. The summed E-state index contributed by atoms with van der Waals surface area (Å²) >= 11 is 5.04. The van der Waals surface area contributed by atoms with Crippen molar-refractivity contribution in [3.8, 4) is 0 Å². The van der Waals surface area contributed by atoms with Crippen LogP contribution in [0.1, 0.15) is 24.1 Å². The van der Waals surface area contributed by atoms with Crippen molar-refractivity contribution in [3.05, 3.63) is 20.8 Å². The third-order valence-corrected chi connectivity index (χ3v) is 5.12. The number of hydrogen-bond acceptors (Lipinski definition) is 3. The summed E-state index contributed by atoms with van der Waals surface area (Å²) < 4.78 is 1.08. The van der Waals surface area contributed by atoms with Crippen LogP contribution in [-0.4, -0.2) is 29.7 Å². The van der Waals surface area contributed by atoms with Crippen LogP contribution in [0.25, 0.3) is 0 Å². The fourth-order valence-electron chi connectivity index (χ4n) is 2.43. The van der Waals surface area contributed by atoms with Crippen LogP contribution in [0.3, 0.4) is 0 Å². The van der Waals surface area contributed by atoms with Crippen molar-refractivity contribution >= 4 is 39.3 Å². The molecule has 0 saturated heterocycles. The highest BCUT2D eigenvalue weighted by Crippen LogP contribution is 2.25. The monoisotopic (exact) mass is 360 g/mol. The Morgan fingerprint density at radius 1 is 1.40 bits per heavy atom. The molecule has 7 heteroatoms. The van der Waals surface area contributed by atoms with Crippen molar-refractivity contribution in [2.75, 3.05) is 6.54 Å². The van der Waals surface area contributed by atoms with Gasteiger partial charge in [0, 0.05) is 17.5 Å². The van der Waals surface area contributed by atoms with Crippen molar-refractivity contribution < 1.29 is 14.7 Å². The van der Waals surface area contributed by atoms with Gasteiger partial charge in [-0.05, 0) is 47.3 Å². The van der Waals surface area contributed by atoms with Gasteiger partial charge in [0.1, 0.15) is 0 Å². The average Bonchev–Trinajstić information content (AvgIpc) is 2.98. The Kier molecular flexibility index (Phi) is 5.42. The fourth-order valence-corrected chi connectivity index (χ4v) is 3.92. The van der Waals surface area contributed by atoms with Crippen LogP contribution in [0, 0.1) is 5.92 Å². The molecule has 1 aliphatic rings. The molecule has 0 bridgehead atoms. The van der Waals surface area contributed by atoms with Crippen LogP contribution >= 0.6 is 27.3 Å². The molecule has 1 aromatic heterocycles. The topological polar surface area (TPSA) is 78.4 Å². The summed E-state index contributed by atoms with van der Waals surface area (Å²) in [7, 11) is 0. The van der Waals surface area contributed by atoms with Gasteiger partial charge in [-0.1, -0.05) is 6.42 Å². The zero-order valence-electron chi connectivity index (χ0n) is 10.9. The molecule has 2 atom stereocenters. The van der Waals surface area contributed by atoms with E-state index in [1.807, 2.05) is 12.1 Å². The minimum Gasteiger partial charge on any atom is -0.481 e. The summed E-state index contributed by atoms with van der Waals surface area (Å²) in [6, 6.07) is 3.48. The van der Waals surface area contributed by atoms with Gasteiger partial charge in [-0.3, -0.25) is 4.79 Å². The summed E-state index contributed by atoms with van der Waals surface area (Å²) in [6.45, 7) is 0.545. The van der Waals surface area contributed by atoms with Gasteiger partial charge in [0.2, 0.25) is 0 Å². The minimum absolute atomic E-state index is 0.247. The molecule has 0 aliphatic heterocycles. The number of urea groups is 1. The molecule has 0 radical (unpaired) electrons. The van der Waals surface area contributed by atoms with Gasteiger partial charge >= 0.3 is 12.0 Å². The zero-order chi connectivity index (χ0) is 14.5. The van der Waals surface area contributed by atoms with Gasteiger partial charge in [-0.15, -0.1) is 11.3 Å². The predicted octanol–water partition coefficient (Wildman–Crippen LogP) is 2.61. The first-order chi connectivity index (χ1) is 9.56. The van der Waals surface area contributed by atoms with E-state index in [2.05, 4.69) is 26.6 Å². The molecule has 0 spiro atoms. The van der Waals surface area contributed by atoms with Crippen molar-refractivity contribution in [1.29, 1.82) is 0 Å². The second-order valence-corrected chi connectivity index (χ2v) is 7.39. The molecule has 2 rings (SSSR count). The first kappa shape index (κ1) is 15.3. The van der Waals surface area contributed by atoms with E-state index >= 15 is 0 Å². The van der Waals surface area contributed by atoms with E-state index in [4.69, 9.17) is 5.11 Å². The number of aliphatic carboxylic acids is 1. The molecule has 1 saturated carbocycles. The number of carbonyl (C=O) groups is 2. The number of carboxylic acids is 1. The smallest absolute Gasteiger partial charge is 0.315 e. The van der Waals surface area contributed by atoms with E-state index in [9.17, 15) is 9.59 Å². The van der Waals surface area contributed by atoms with E-state index in [1.165, 1.54) is 4.88 Å². The highest BCUT2D eigenvalue weighted by Gasteiger charge is 2.33. The predicted molar refractivity (Wildman–Crippen MR) is 81.0 cm³/mol. The lowest BCUT2D eigenvalue weighted by Crippen LogP contribution is -2.45. The lowest BCUT2D eigenvalue weighted by Gasteiger charge is -2.17. The van der Waals surface area contributed by atoms with Crippen LogP contribution < -0.4 is 10.6 Å². The average molecular weight is 361 g/mol. The van der Waals surface area contributed by atoms with Crippen LogP contribution in [-0.2, 0) is 11.2 Å². The molecule has 3 N–H and O–H groups in total. The third-order valence-electron chi connectivity index (χ3n) is 3.44. The first-order valence-corrected chi connectivity index (χ1v) is 8.18. The lowest BCUT2D eigenvalue weighted by atomic mass is 10.0. The number of carbonyl (C=O) groups excluding carboxylic acids is 1. The van der Waals surface area contributed by atoms with E-state index < -0.39 is 11.9 Å². The number of carboxylic acid groups (broad SMARTS) is 1. The Morgan fingerprint density at radius 3 is 2.85 bits per heavy atom. The standard InChI is InChI=1S/C13H17BrN2O3S/c14-11-5-4-8(20-11)6-7-15-13(19)16-10-3-1-2-9(10)12(17)18/h4-5,9-10H,1-3,6-7H2,(H,17,18)(H2,15,16,19). The van der Waals surface area contributed by atoms with E-state index in [-0.39, 0.29) is 12.1 Å². The number of thiophene rings is 1. The molecule has 1 aliphatic carbocycles. The molecule has 1 fully saturated rings. The molecule has 5 nitrogen and oxygen atoms in total. The van der Waals surface area contributed by atoms with Gasteiger partial charge in [0.15, 0.2) is 0 Å². The van der Waals surface area contributed by atoms with Crippen LogP contribution in [0.2, 0.25) is 0 Å². The Balaban J connectivity index is 1.71. The van der Waals surface area contributed by atoms with Crippen molar-refractivity contribution in [2.45, 2.75) is 31.7 Å². The molecular weight excluding hydrogens is 344 g/mol. The van der Waals surface area contributed by atoms with Crippen LogP contribution in [0.4, 0.5) is 4.79 Å². The second kappa shape index (κ2) is 7.08. The molecule has 2 amide bonds. The maximum Gasteiger partial charge on any atom is 0.315 e. The van der Waals surface area contributed by atoms with Crippen LogP contribution in [0.15, 0.2) is 15.9 Å². The maximum absolute atomic E-state index is 11.7. The van der Waals surface area contributed by atoms with Crippen molar-refractivity contribution in [1.82, 2.24) is 10.6 Å². The van der Waals surface area contributed by atoms with Gasteiger partial charge in [-0.25, -0.2) is 4.79 Å². The van der Waals surface area contributed by atoms with Gasteiger partial charge in [0.25, 0.3) is 0 Å². The molecule has 110 valence electrons. The highest BCUT2D eigenvalue weighted by atomic mass is 79.9. The van der Waals surface area contributed by atoms with Gasteiger partial charge < -0.3 is 15.7 Å². The normalized spacial score (nSPS) is 21.6. The number of rotatable bonds is 5. The Morgan fingerprint density at radius 2 is 2.20 bits per heavy atom. The summed E-state index contributed by atoms with van der Waals surface area (Å²) in [5.74, 6) is -1.27. The lowest BCUT2D eigenvalue weighted by molar-refractivity contribution is -0.142. The molecule has 1 heterocycles. The van der Waals surface area contributed by atoms with E-state index in [0.29, 0.717) is 13.0 Å². The molecule has 2 unspecified atom stereocenters. The summed E-state index contributed by atoms with van der Waals surface area (Å²) in [5, 5.41) is 14.6. The molecular formula is C13H17BrN2O3S. The molecule has 1 aromatic rings. The zero-order valence-corrected chi connectivity index (χ0v) is 13.3. The second-order valence-electron chi connectivity index (χ2n) is 4.84. The summed E-state index contributed by atoms with van der Waals surface area (Å²) in [4.78, 5) is 24.0. The quantitative estimate of drug-likeness (QED) is 0.754. The molecule has 0 aromatic carbocycles. The SMILES string of the molecule is O=C(NCCc1ccc(Br)s1)NC1CCCC1C(=O)O.